The number of hydrogen-bond acceptors (Lipinski definition) is 3. The van der Waals surface area contributed by atoms with Gasteiger partial charge in [0.15, 0.2) is 0 Å². The molecule has 1 aliphatic rings. The van der Waals surface area contributed by atoms with Crippen molar-refractivity contribution in [3.8, 4) is 0 Å². The van der Waals surface area contributed by atoms with E-state index >= 15 is 0 Å². The fraction of sp³-hybridized carbons (Fsp3) is 0.500. The Kier molecular flexibility index (Phi) is 1.69. The molecule has 1 heterocycles. The van der Waals surface area contributed by atoms with Crippen LogP contribution in [0.15, 0.2) is 11.1 Å². The summed E-state index contributed by atoms with van der Waals surface area (Å²) in [5.74, 6) is 0. The van der Waals surface area contributed by atoms with Crippen molar-refractivity contribution in [1.29, 1.82) is 0 Å². The molecule has 64 valence electrons. The lowest BCUT2D eigenvalue weighted by Crippen LogP contribution is -2.13. The van der Waals surface area contributed by atoms with Crippen LogP contribution in [0.5, 0.6) is 0 Å². The predicted octanol–water partition coefficient (Wildman–Crippen LogP) is 0.404. The molecule has 1 aliphatic carbocycles. The Balaban J connectivity index is 2.53. The van der Waals surface area contributed by atoms with Crippen LogP contribution in [-0.2, 0) is 11.2 Å². The second-order valence-corrected chi connectivity index (χ2v) is 2.86. The Morgan fingerprint density at radius 1 is 1.75 bits per heavy atom. The molecule has 0 saturated carbocycles. The summed E-state index contributed by atoms with van der Waals surface area (Å²) < 4.78 is 5.18. The first-order valence-corrected chi connectivity index (χ1v) is 3.92. The van der Waals surface area contributed by atoms with Gasteiger partial charge in [0.05, 0.1) is 18.1 Å². The van der Waals surface area contributed by atoms with Crippen molar-refractivity contribution in [3.63, 3.8) is 0 Å². The summed E-state index contributed by atoms with van der Waals surface area (Å²) in [7, 11) is 1.64. The van der Waals surface area contributed by atoms with Gasteiger partial charge in [-0.1, -0.05) is 0 Å². The smallest absolute Gasteiger partial charge is 0.254 e. The molecule has 4 nitrogen and oxygen atoms in total. The summed E-state index contributed by atoms with van der Waals surface area (Å²) in [5.41, 5.74) is 1.56. The van der Waals surface area contributed by atoms with Gasteiger partial charge in [0.25, 0.3) is 5.56 Å². The zero-order chi connectivity index (χ0) is 8.55. The number of rotatable bonds is 1. The topological polar surface area (TPSA) is 55.0 Å². The van der Waals surface area contributed by atoms with Crippen LogP contribution in [0.2, 0.25) is 0 Å². The third kappa shape index (κ3) is 0.956. The fourth-order valence-electron chi connectivity index (χ4n) is 1.60. The summed E-state index contributed by atoms with van der Waals surface area (Å²) >= 11 is 0. The van der Waals surface area contributed by atoms with Crippen LogP contribution in [0.25, 0.3) is 0 Å². The van der Waals surface area contributed by atoms with Gasteiger partial charge in [-0.3, -0.25) is 4.79 Å². The van der Waals surface area contributed by atoms with Crippen molar-refractivity contribution in [2.24, 2.45) is 0 Å². The van der Waals surface area contributed by atoms with Crippen LogP contribution >= 0.6 is 0 Å². The zero-order valence-corrected chi connectivity index (χ0v) is 6.83. The number of ether oxygens (including phenoxy) is 1. The van der Waals surface area contributed by atoms with Gasteiger partial charge >= 0.3 is 0 Å². The van der Waals surface area contributed by atoms with Crippen molar-refractivity contribution in [3.05, 3.63) is 27.9 Å². The molecule has 12 heavy (non-hydrogen) atoms. The van der Waals surface area contributed by atoms with Gasteiger partial charge in [0.2, 0.25) is 0 Å². The Bertz CT molecular complexity index is 345. The van der Waals surface area contributed by atoms with E-state index in [-0.39, 0.29) is 11.7 Å². The highest BCUT2D eigenvalue weighted by Crippen LogP contribution is 2.28. The number of aromatic nitrogens is 2. The van der Waals surface area contributed by atoms with Crippen LogP contribution < -0.4 is 5.56 Å². The molecule has 1 atom stereocenters. The lowest BCUT2D eigenvalue weighted by Gasteiger charge is -2.05. The molecule has 0 fully saturated rings. The third-order valence-corrected chi connectivity index (χ3v) is 2.23. The van der Waals surface area contributed by atoms with Crippen molar-refractivity contribution in [2.45, 2.75) is 18.9 Å². The molecule has 4 heteroatoms. The normalized spacial score (nSPS) is 20.9. The molecule has 0 saturated heterocycles. The number of H-pyrrole nitrogens is 1. The molecule has 0 aliphatic heterocycles. The Hall–Kier alpha value is -1.16. The van der Waals surface area contributed by atoms with Crippen molar-refractivity contribution in [2.75, 3.05) is 7.11 Å². The average molecular weight is 166 g/mol. The van der Waals surface area contributed by atoms with E-state index in [1.54, 1.807) is 7.11 Å². The van der Waals surface area contributed by atoms with Crippen molar-refractivity contribution < 1.29 is 4.74 Å². The van der Waals surface area contributed by atoms with Gasteiger partial charge in [0.1, 0.15) is 0 Å². The van der Waals surface area contributed by atoms with E-state index < -0.39 is 0 Å². The molecule has 1 aromatic rings. The summed E-state index contributed by atoms with van der Waals surface area (Å²) in [4.78, 5) is 17.9. The molecular formula is C8H10N2O2. The van der Waals surface area contributed by atoms with E-state index in [4.69, 9.17) is 4.74 Å². The molecule has 2 rings (SSSR count). The van der Waals surface area contributed by atoms with E-state index in [9.17, 15) is 4.79 Å². The van der Waals surface area contributed by atoms with E-state index in [0.29, 0.717) is 0 Å². The van der Waals surface area contributed by atoms with Crippen LogP contribution in [-0.4, -0.2) is 17.1 Å². The largest absolute Gasteiger partial charge is 0.375 e. The van der Waals surface area contributed by atoms with Gasteiger partial charge in [-0.25, -0.2) is 4.98 Å². The van der Waals surface area contributed by atoms with Crippen LogP contribution in [0, 0.1) is 0 Å². The fourth-order valence-corrected chi connectivity index (χ4v) is 1.60. The second kappa shape index (κ2) is 2.71. The summed E-state index contributed by atoms with van der Waals surface area (Å²) in [5, 5.41) is 0. The van der Waals surface area contributed by atoms with Crippen LogP contribution in [0.4, 0.5) is 0 Å². The SMILES string of the molecule is COC1CCc2c1nc[nH]c2=O. The maximum atomic E-state index is 11.2. The summed E-state index contributed by atoms with van der Waals surface area (Å²) in [6.07, 6.45) is 3.09. The minimum Gasteiger partial charge on any atom is -0.375 e. The highest BCUT2D eigenvalue weighted by Gasteiger charge is 2.25. The Labute approximate surface area is 69.6 Å². The zero-order valence-electron chi connectivity index (χ0n) is 6.83. The number of aromatic amines is 1. The highest BCUT2D eigenvalue weighted by atomic mass is 16.5. The highest BCUT2D eigenvalue weighted by molar-refractivity contribution is 5.23. The molecule has 0 aromatic carbocycles. The number of fused-ring (bicyclic) bond motifs is 1. The predicted molar refractivity (Wildman–Crippen MR) is 42.9 cm³/mol. The molecule has 0 radical (unpaired) electrons. The minimum absolute atomic E-state index is 0.0160. The van der Waals surface area contributed by atoms with Gasteiger partial charge in [-0.15, -0.1) is 0 Å². The lowest BCUT2D eigenvalue weighted by atomic mass is 10.2. The minimum atomic E-state index is -0.0282. The van der Waals surface area contributed by atoms with Gasteiger partial charge in [-0.05, 0) is 12.8 Å². The average Bonchev–Trinajstić information content (AvgIpc) is 2.49. The first-order valence-electron chi connectivity index (χ1n) is 3.92. The Morgan fingerprint density at radius 3 is 3.33 bits per heavy atom. The van der Waals surface area contributed by atoms with Crippen LogP contribution in [0.3, 0.4) is 0 Å². The third-order valence-electron chi connectivity index (χ3n) is 2.23. The van der Waals surface area contributed by atoms with Gasteiger partial charge in [0, 0.05) is 12.7 Å². The van der Waals surface area contributed by atoms with E-state index in [1.165, 1.54) is 6.33 Å². The number of methoxy groups -OCH3 is 1. The van der Waals surface area contributed by atoms with E-state index in [0.717, 1.165) is 24.1 Å². The van der Waals surface area contributed by atoms with Gasteiger partial charge in [-0.2, -0.15) is 0 Å². The first kappa shape index (κ1) is 7.49. The number of nitrogens with zero attached hydrogens (tertiary/aromatic N) is 1. The monoisotopic (exact) mass is 166 g/mol. The van der Waals surface area contributed by atoms with E-state index in [2.05, 4.69) is 9.97 Å². The molecule has 1 N–H and O–H groups in total. The quantitative estimate of drug-likeness (QED) is 0.657. The number of nitrogens with one attached hydrogen (secondary N) is 1. The van der Waals surface area contributed by atoms with Crippen molar-refractivity contribution in [1.82, 2.24) is 9.97 Å². The van der Waals surface area contributed by atoms with Crippen LogP contribution in [0.1, 0.15) is 23.8 Å². The molecule has 1 aromatic heterocycles. The van der Waals surface area contributed by atoms with Crippen molar-refractivity contribution >= 4 is 0 Å². The van der Waals surface area contributed by atoms with E-state index in [1.807, 2.05) is 0 Å². The molecular weight excluding hydrogens is 156 g/mol. The van der Waals surface area contributed by atoms with Gasteiger partial charge < -0.3 is 9.72 Å². The summed E-state index contributed by atoms with van der Waals surface area (Å²) in [6.45, 7) is 0. The maximum Gasteiger partial charge on any atom is 0.254 e. The second-order valence-electron chi connectivity index (χ2n) is 2.86. The molecule has 0 bridgehead atoms. The molecule has 0 amide bonds. The molecule has 0 spiro atoms. The maximum absolute atomic E-state index is 11.2. The first-order chi connectivity index (χ1) is 5.83. The lowest BCUT2D eigenvalue weighted by molar-refractivity contribution is 0.102. The summed E-state index contributed by atoms with van der Waals surface area (Å²) in [6, 6.07) is 0. The number of hydrogen-bond donors (Lipinski definition) is 1. The Morgan fingerprint density at radius 2 is 2.58 bits per heavy atom. The molecule has 1 unspecified atom stereocenters. The standard InChI is InChI=1S/C8H10N2O2/c1-12-6-3-2-5-7(6)9-4-10-8(5)11/h4,6H,2-3H2,1H3,(H,9,10,11).